The van der Waals surface area contributed by atoms with Crippen molar-refractivity contribution in [2.75, 3.05) is 0 Å². The third-order valence-corrected chi connectivity index (χ3v) is 4.05. The molecule has 8 heteroatoms. The number of para-hydroxylation sites is 1. The second-order valence-corrected chi connectivity index (χ2v) is 5.40. The van der Waals surface area contributed by atoms with Crippen molar-refractivity contribution in [3.63, 3.8) is 0 Å². The molecule has 2 aromatic heterocycles. The van der Waals surface area contributed by atoms with Gasteiger partial charge < -0.3 is 0 Å². The Hall–Kier alpha value is -2.25. The van der Waals surface area contributed by atoms with Gasteiger partial charge >= 0.3 is 5.69 Å². The molecule has 0 fully saturated rings. The van der Waals surface area contributed by atoms with Gasteiger partial charge in [0.25, 0.3) is 0 Å². The number of nitro groups is 1. The zero-order valence-electron chi connectivity index (χ0n) is 10.4. The minimum atomic E-state index is -0.580. The van der Waals surface area contributed by atoms with Gasteiger partial charge in [0.15, 0.2) is 5.03 Å². The molecule has 21 heavy (non-hydrogen) atoms. The first-order valence-electron chi connectivity index (χ1n) is 5.83. The molecular weight excluding hydrogens is 312 g/mol. The van der Waals surface area contributed by atoms with Gasteiger partial charge in [0, 0.05) is 16.5 Å². The summed E-state index contributed by atoms with van der Waals surface area (Å²) in [4.78, 5) is 23.2. The Labute approximate surface area is 128 Å². The Morgan fingerprint density at radius 2 is 1.95 bits per heavy atom. The van der Waals surface area contributed by atoms with Gasteiger partial charge in [-0.05, 0) is 12.1 Å². The Bertz CT molecular complexity index is 838. The average molecular weight is 319 g/mol. The fourth-order valence-electron chi connectivity index (χ4n) is 1.83. The number of rotatable bonds is 3. The molecule has 0 radical (unpaired) electrons. The summed E-state index contributed by atoms with van der Waals surface area (Å²) in [6.45, 7) is 0. The Kier molecular flexibility index (Phi) is 3.68. The van der Waals surface area contributed by atoms with Crippen LogP contribution in [0.4, 0.5) is 5.69 Å². The van der Waals surface area contributed by atoms with Crippen molar-refractivity contribution < 1.29 is 4.92 Å². The molecule has 2 heterocycles. The molecule has 3 rings (SSSR count). The zero-order chi connectivity index (χ0) is 14.8. The summed E-state index contributed by atoms with van der Waals surface area (Å²) < 4.78 is 0. The fourth-order valence-corrected chi connectivity index (χ4v) is 3.08. The van der Waals surface area contributed by atoms with Crippen LogP contribution in [0.1, 0.15) is 0 Å². The highest BCUT2D eigenvalue weighted by Crippen LogP contribution is 2.38. The number of fused-ring (bicyclic) bond motifs is 1. The highest BCUT2D eigenvalue weighted by molar-refractivity contribution is 7.99. The van der Waals surface area contributed by atoms with Crippen LogP contribution in [0, 0.1) is 10.1 Å². The second kappa shape index (κ2) is 5.63. The largest absolute Gasteiger partial charge is 0.338 e. The lowest BCUT2D eigenvalue weighted by atomic mass is 10.2. The highest BCUT2D eigenvalue weighted by Gasteiger charge is 2.22. The van der Waals surface area contributed by atoms with E-state index in [1.165, 1.54) is 6.33 Å². The molecule has 0 unspecified atom stereocenters. The summed E-state index contributed by atoms with van der Waals surface area (Å²) in [6.07, 6.45) is 2.88. The van der Waals surface area contributed by atoms with Crippen molar-refractivity contribution in [2.24, 2.45) is 0 Å². The maximum atomic E-state index is 11.1. The van der Waals surface area contributed by atoms with Crippen molar-refractivity contribution in [1.29, 1.82) is 0 Å². The molecule has 0 spiro atoms. The quantitative estimate of drug-likeness (QED) is 0.415. The number of nitrogens with zero attached hydrogens (tertiary/aromatic N) is 4. The maximum Gasteiger partial charge on any atom is 0.338 e. The molecule has 0 saturated heterocycles. The van der Waals surface area contributed by atoms with Crippen LogP contribution in [-0.4, -0.2) is 19.9 Å². The van der Waals surface area contributed by atoms with Crippen LogP contribution in [0.2, 0.25) is 5.15 Å². The maximum absolute atomic E-state index is 11.1. The Morgan fingerprint density at radius 1 is 1.14 bits per heavy atom. The van der Waals surface area contributed by atoms with E-state index in [9.17, 15) is 10.1 Å². The van der Waals surface area contributed by atoms with Gasteiger partial charge in [-0.25, -0.2) is 9.97 Å². The number of pyridine rings is 1. The summed E-state index contributed by atoms with van der Waals surface area (Å²) in [5.74, 6) is 0. The molecule has 0 atom stereocenters. The summed E-state index contributed by atoms with van der Waals surface area (Å²) >= 11 is 6.93. The summed E-state index contributed by atoms with van der Waals surface area (Å²) in [5.41, 5.74) is 0.464. The van der Waals surface area contributed by atoms with E-state index in [1.54, 1.807) is 6.20 Å². The van der Waals surface area contributed by atoms with E-state index < -0.39 is 4.92 Å². The topological polar surface area (TPSA) is 81.8 Å². The molecule has 6 nitrogen and oxygen atoms in total. The van der Waals surface area contributed by atoms with Crippen LogP contribution in [0.5, 0.6) is 0 Å². The summed E-state index contributed by atoms with van der Waals surface area (Å²) in [5, 5.41) is 12.1. The first kappa shape index (κ1) is 13.7. The molecule has 1 aromatic carbocycles. The highest BCUT2D eigenvalue weighted by atomic mass is 35.5. The molecule has 0 aliphatic heterocycles. The zero-order valence-corrected chi connectivity index (χ0v) is 12.0. The van der Waals surface area contributed by atoms with E-state index in [0.717, 1.165) is 27.6 Å². The van der Waals surface area contributed by atoms with E-state index in [-0.39, 0.29) is 15.9 Å². The van der Waals surface area contributed by atoms with Gasteiger partial charge in [0.2, 0.25) is 5.15 Å². The molecule has 0 aliphatic carbocycles. The number of hydrogen-bond donors (Lipinski definition) is 0. The molecule has 3 aromatic rings. The van der Waals surface area contributed by atoms with Crippen LogP contribution in [0.25, 0.3) is 10.9 Å². The minimum Gasteiger partial charge on any atom is -0.258 e. The van der Waals surface area contributed by atoms with Crippen LogP contribution < -0.4 is 0 Å². The van der Waals surface area contributed by atoms with Crippen molar-refractivity contribution in [3.8, 4) is 0 Å². The smallest absolute Gasteiger partial charge is 0.258 e. The molecule has 104 valence electrons. The van der Waals surface area contributed by atoms with Crippen LogP contribution in [0.15, 0.2) is 52.8 Å². The van der Waals surface area contributed by atoms with Crippen molar-refractivity contribution in [3.05, 3.63) is 58.1 Å². The summed E-state index contributed by atoms with van der Waals surface area (Å²) in [7, 11) is 0. The van der Waals surface area contributed by atoms with E-state index in [4.69, 9.17) is 11.6 Å². The molecule has 0 aliphatic rings. The summed E-state index contributed by atoms with van der Waals surface area (Å²) in [6, 6.07) is 9.38. The predicted molar refractivity (Wildman–Crippen MR) is 79.6 cm³/mol. The van der Waals surface area contributed by atoms with E-state index >= 15 is 0 Å². The van der Waals surface area contributed by atoms with Crippen LogP contribution in [0.3, 0.4) is 0 Å². The lowest BCUT2D eigenvalue weighted by Gasteiger charge is -2.05. The van der Waals surface area contributed by atoms with Crippen LogP contribution in [-0.2, 0) is 0 Å². The standard InChI is InChI=1S/C13H7ClN4O2S/c14-12-11(18(19)20)13(17-7-16-12)21-9-5-1-3-8-4-2-6-15-10(8)9/h1-7H. The Balaban J connectivity index is 2.12. The molecule has 0 N–H and O–H groups in total. The lowest BCUT2D eigenvalue weighted by molar-refractivity contribution is -0.388. The molecule has 0 saturated carbocycles. The van der Waals surface area contributed by atoms with Gasteiger partial charge in [0.05, 0.1) is 10.4 Å². The fraction of sp³-hybridized carbons (Fsp3) is 0. The van der Waals surface area contributed by atoms with Crippen LogP contribution >= 0.6 is 23.4 Å². The molecule has 0 bridgehead atoms. The number of halogens is 1. The number of benzene rings is 1. The third kappa shape index (κ3) is 2.65. The van der Waals surface area contributed by atoms with E-state index in [1.807, 2.05) is 30.3 Å². The lowest BCUT2D eigenvalue weighted by Crippen LogP contribution is -1.96. The van der Waals surface area contributed by atoms with Gasteiger partial charge in [-0.2, -0.15) is 0 Å². The van der Waals surface area contributed by atoms with Gasteiger partial charge in [-0.1, -0.05) is 41.6 Å². The molecule has 0 amide bonds. The van der Waals surface area contributed by atoms with Crippen molar-refractivity contribution in [2.45, 2.75) is 9.92 Å². The van der Waals surface area contributed by atoms with Crippen molar-refractivity contribution in [1.82, 2.24) is 15.0 Å². The SMILES string of the molecule is O=[N+]([O-])c1c(Cl)ncnc1Sc1cccc2cccnc12. The second-order valence-electron chi connectivity index (χ2n) is 4.01. The predicted octanol–water partition coefficient (Wildman–Crippen LogP) is 3.74. The van der Waals surface area contributed by atoms with E-state index in [0.29, 0.717) is 0 Å². The average Bonchev–Trinajstić information content (AvgIpc) is 2.47. The monoisotopic (exact) mass is 318 g/mol. The van der Waals surface area contributed by atoms with Gasteiger partial charge in [0.1, 0.15) is 6.33 Å². The number of hydrogen-bond acceptors (Lipinski definition) is 6. The van der Waals surface area contributed by atoms with E-state index in [2.05, 4.69) is 15.0 Å². The van der Waals surface area contributed by atoms with Gasteiger partial charge in [-0.3, -0.25) is 15.1 Å². The minimum absolute atomic E-state index is 0.175. The third-order valence-electron chi connectivity index (χ3n) is 2.73. The first-order valence-corrected chi connectivity index (χ1v) is 7.03. The number of aromatic nitrogens is 3. The van der Waals surface area contributed by atoms with Gasteiger partial charge in [-0.15, -0.1) is 0 Å². The molecular formula is C13H7ClN4O2S. The van der Waals surface area contributed by atoms with Crippen molar-refractivity contribution >= 4 is 40.0 Å². The normalized spacial score (nSPS) is 10.7. The first-order chi connectivity index (χ1) is 10.2. The Morgan fingerprint density at radius 3 is 2.76 bits per heavy atom.